The maximum atomic E-state index is 10.4. The number of rotatable bonds is 5. The van der Waals surface area contributed by atoms with Crippen molar-refractivity contribution in [2.24, 2.45) is 0 Å². The summed E-state index contributed by atoms with van der Waals surface area (Å²) in [6.45, 7) is 1.69. The van der Waals surface area contributed by atoms with Gasteiger partial charge in [-0.3, -0.25) is 0 Å². The van der Waals surface area contributed by atoms with Crippen molar-refractivity contribution in [3.8, 4) is 0 Å². The molecule has 0 aliphatic heterocycles. The van der Waals surface area contributed by atoms with Gasteiger partial charge in [-0.2, -0.15) is 0 Å². The van der Waals surface area contributed by atoms with Gasteiger partial charge in [0.05, 0.1) is 6.61 Å². The molecule has 2 heteroatoms. The van der Waals surface area contributed by atoms with E-state index in [0.717, 1.165) is 12.8 Å². The van der Waals surface area contributed by atoms with Crippen molar-refractivity contribution < 1.29 is 9.90 Å². The topological polar surface area (TPSA) is 37.3 Å². The fourth-order valence-electron chi connectivity index (χ4n) is 0.661. The van der Waals surface area contributed by atoms with Crippen LogP contribution in [-0.4, -0.2) is 17.5 Å². The molecule has 2 nitrogen and oxygen atoms in total. The number of carbonyl (C=O) groups is 1. The molecule has 0 heterocycles. The lowest BCUT2D eigenvalue weighted by Gasteiger charge is -1.89. The number of hydrogen-bond acceptors (Lipinski definition) is 2. The predicted molar refractivity (Wildman–Crippen MR) is 40.8 cm³/mol. The maximum Gasteiger partial charge on any atom is 0.129 e. The predicted octanol–water partition coefficient (Wildman–Crippen LogP) is 1.29. The lowest BCUT2D eigenvalue weighted by atomic mass is 10.2. The van der Waals surface area contributed by atoms with Crippen LogP contribution >= 0.6 is 0 Å². The summed E-state index contributed by atoms with van der Waals surface area (Å²) < 4.78 is 0. The SMILES string of the molecule is CC(=O)CCC/C=C/CO. The standard InChI is InChI=1S/C8H14O2/c1-8(10)6-4-2-3-5-7-9/h3,5,9H,2,4,6-7H2,1H3/b5-3+. The molecule has 0 rings (SSSR count). The fraction of sp³-hybridized carbons (Fsp3) is 0.625. The van der Waals surface area contributed by atoms with E-state index in [9.17, 15) is 4.79 Å². The largest absolute Gasteiger partial charge is 0.392 e. The van der Waals surface area contributed by atoms with E-state index in [1.807, 2.05) is 6.08 Å². The van der Waals surface area contributed by atoms with Crippen molar-refractivity contribution in [3.63, 3.8) is 0 Å². The van der Waals surface area contributed by atoms with Crippen LogP contribution in [0, 0.1) is 0 Å². The first-order valence-corrected chi connectivity index (χ1v) is 3.52. The number of aliphatic hydroxyl groups is 1. The van der Waals surface area contributed by atoms with Gasteiger partial charge in [0, 0.05) is 6.42 Å². The van der Waals surface area contributed by atoms with Gasteiger partial charge in [-0.05, 0) is 19.8 Å². The van der Waals surface area contributed by atoms with Crippen molar-refractivity contribution in [3.05, 3.63) is 12.2 Å². The summed E-state index contributed by atoms with van der Waals surface area (Å²) in [5.41, 5.74) is 0. The first-order chi connectivity index (χ1) is 4.77. The van der Waals surface area contributed by atoms with Gasteiger partial charge in [0.2, 0.25) is 0 Å². The molecular weight excluding hydrogens is 128 g/mol. The maximum absolute atomic E-state index is 10.4. The molecule has 0 amide bonds. The third-order valence-corrected chi connectivity index (χ3v) is 1.17. The molecule has 0 fully saturated rings. The molecule has 0 radical (unpaired) electrons. The third-order valence-electron chi connectivity index (χ3n) is 1.17. The lowest BCUT2D eigenvalue weighted by Crippen LogP contribution is -1.87. The number of unbranched alkanes of at least 4 members (excludes halogenated alkanes) is 1. The van der Waals surface area contributed by atoms with Crippen molar-refractivity contribution in [2.45, 2.75) is 26.2 Å². The molecule has 0 spiro atoms. The number of aliphatic hydroxyl groups excluding tert-OH is 1. The molecule has 0 saturated heterocycles. The molecule has 1 N–H and O–H groups in total. The number of carbonyl (C=O) groups excluding carboxylic acids is 1. The van der Waals surface area contributed by atoms with E-state index >= 15 is 0 Å². The van der Waals surface area contributed by atoms with Crippen LogP contribution in [-0.2, 0) is 4.79 Å². The Labute approximate surface area is 61.6 Å². The van der Waals surface area contributed by atoms with Crippen molar-refractivity contribution in [1.29, 1.82) is 0 Å². The zero-order valence-electron chi connectivity index (χ0n) is 6.34. The first-order valence-electron chi connectivity index (χ1n) is 3.52. The van der Waals surface area contributed by atoms with Crippen molar-refractivity contribution >= 4 is 5.78 Å². The van der Waals surface area contributed by atoms with Gasteiger partial charge in [-0.15, -0.1) is 0 Å². The normalized spacial score (nSPS) is 10.6. The monoisotopic (exact) mass is 142 g/mol. The smallest absolute Gasteiger partial charge is 0.129 e. The van der Waals surface area contributed by atoms with E-state index in [2.05, 4.69) is 0 Å². The Morgan fingerprint density at radius 2 is 2.20 bits per heavy atom. The molecule has 0 unspecified atom stereocenters. The van der Waals surface area contributed by atoms with Crippen LogP contribution in [0.25, 0.3) is 0 Å². The highest BCUT2D eigenvalue weighted by molar-refractivity contribution is 5.75. The highest BCUT2D eigenvalue weighted by atomic mass is 16.2. The molecule has 0 aliphatic carbocycles. The summed E-state index contributed by atoms with van der Waals surface area (Å²) in [5, 5.41) is 8.32. The lowest BCUT2D eigenvalue weighted by molar-refractivity contribution is -0.117. The number of Topliss-reactive ketones (excluding diaryl/α,β-unsaturated/α-hetero) is 1. The molecule has 0 aliphatic rings. The summed E-state index contributed by atoms with van der Waals surface area (Å²) in [5.74, 6) is 0.234. The molecule has 0 bridgehead atoms. The Kier molecular flexibility index (Phi) is 6.08. The third kappa shape index (κ3) is 7.37. The zero-order valence-corrected chi connectivity index (χ0v) is 6.34. The Hall–Kier alpha value is -0.630. The Balaban J connectivity index is 3.05. The molecule has 0 saturated carbocycles. The van der Waals surface area contributed by atoms with Crippen LogP contribution in [0.5, 0.6) is 0 Å². The molecule has 0 aromatic carbocycles. The second-order valence-corrected chi connectivity index (χ2v) is 2.25. The summed E-state index contributed by atoms with van der Waals surface area (Å²) in [6.07, 6.45) is 6.02. The van der Waals surface area contributed by atoms with Gasteiger partial charge in [0.1, 0.15) is 5.78 Å². The Morgan fingerprint density at radius 3 is 2.70 bits per heavy atom. The van der Waals surface area contributed by atoms with Crippen LogP contribution in [0.2, 0.25) is 0 Å². The molecule has 0 atom stereocenters. The Morgan fingerprint density at radius 1 is 1.50 bits per heavy atom. The van der Waals surface area contributed by atoms with Gasteiger partial charge in [-0.1, -0.05) is 12.2 Å². The van der Waals surface area contributed by atoms with Gasteiger partial charge in [-0.25, -0.2) is 0 Å². The molecule has 10 heavy (non-hydrogen) atoms. The first kappa shape index (κ1) is 9.37. The number of allylic oxidation sites excluding steroid dienone is 1. The van der Waals surface area contributed by atoms with Crippen LogP contribution < -0.4 is 0 Å². The van der Waals surface area contributed by atoms with E-state index in [1.165, 1.54) is 0 Å². The van der Waals surface area contributed by atoms with Crippen molar-refractivity contribution in [1.82, 2.24) is 0 Å². The van der Waals surface area contributed by atoms with Gasteiger partial charge >= 0.3 is 0 Å². The van der Waals surface area contributed by atoms with Crippen LogP contribution in [0.3, 0.4) is 0 Å². The molecular formula is C8H14O2. The average Bonchev–Trinajstić information content (AvgIpc) is 1.87. The van der Waals surface area contributed by atoms with E-state index in [-0.39, 0.29) is 12.4 Å². The summed E-state index contributed by atoms with van der Waals surface area (Å²) in [7, 11) is 0. The Bertz CT molecular complexity index is 116. The van der Waals surface area contributed by atoms with Crippen LogP contribution in [0.1, 0.15) is 26.2 Å². The minimum Gasteiger partial charge on any atom is -0.392 e. The van der Waals surface area contributed by atoms with Gasteiger partial charge in [0.25, 0.3) is 0 Å². The average molecular weight is 142 g/mol. The zero-order chi connectivity index (χ0) is 7.82. The highest BCUT2D eigenvalue weighted by Crippen LogP contribution is 1.96. The number of ketones is 1. The summed E-state index contributed by atoms with van der Waals surface area (Å²) in [6, 6.07) is 0. The van der Waals surface area contributed by atoms with E-state index < -0.39 is 0 Å². The van der Waals surface area contributed by atoms with Crippen LogP contribution in [0.4, 0.5) is 0 Å². The van der Waals surface area contributed by atoms with Gasteiger partial charge in [0.15, 0.2) is 0 Å². The molecule has 58 valence electrons. The van der Waals surface area contributed by atoms with Gasteiger partial charge < -0.3 is 9.90 Å². The fourth-order valence-corrected chi connectivity index (χ4v) is 0.661. The van der Waals surface area contributed by atoms with E-state index in [0.29, 0.717) is 6.42 Å². The molecule has 0 aromatic heterocycles. The number of hydrogen-bond donors (Lipinski definition) is 1. The van der Waals surface area contributed by atoms with E-state index in [4.69, 9.17) is 5.11 Å². The quantitative estimate of drug-likeness (QED) is 0.464. The summed E-state index contributed by atoms with van der Waals surface area (Å²) in [4.78, 5) is 10.4. The minimum atomic E-state index is 0.0973. The second-order valence-electron chi connectivity index (χ2n) is 2.25. The second kappa shape index (κ2) is 6.49. The van der Waals surface area contributed by atoms with Crippen molar-refractivity contribution in [2.75, 3.05) is 6.61 Å². The minimum absolute atomic E-state index is 0.0973. The molecule has 0 aromatic rings. The van der Waals surface area contributed by atoms with E-state index in [1.54, 1.807) is 13.0 Å². The summed E-state index contributed by atoms with van der Waals surface area (Å²) >= 11 is 0. The highest BCUT2D eigenvalue weighted by Gasteiger charge is 1.89. The van der Waals surface area contributed by atoms with Crippen LogP contribution in [0.15, 0.2) is 12.2 Å².